The number of hydrogen-bond acceptors (Lipinski definition) is 6. The van der Waals surface area contributed by atoms with E-state index in [4.69, 9.17) is 4.74 Å². The van der Waals surface area contributed by atoms with Gasteiger partial charge in [0, 0.05) is 49.0 Å². The number of amides is 1. The number of piperazine rings is 1. The molecule has 6 nitrogen and oxygen atoms in total. The summed E-state index contributed by atoms with van der Waals surface area (Å²) in [5.41, 5.74) is 3.18. The second kappa shape index (κ2) is 10.9. The lowest BCUT2D eigenvalue weighted by Gasteiger charge is -2.36. The summed E-state index contributed by atoms with van der Waals surface area (Å²) in [7, 11) is 0. The Hall–Kier alpha value is -3.16. The van der Waals surface area contributed by atoms with Gasteiger partial charge in [-0.2, -0.15) is 0 Å². The molecular weight excluding hydrogens is 422 g/mol. The van der Waals surface area contributed by atoms with Crippen LogP contribution in [0, 0.1) is 0 Å². The summed E-state index contributed by atoms with van der Waals surface area (Å²) in [5, 5.41) is 4.69. The number of thiophene rings is 1. The van der Waals surface area contributed by atoms with E-state index in [1.807, 2.05) is 47.8 Å². The molecule has 0 bridgehead atoms. The summed E-state index contributed by atoms with van der Waals surface area (Å²) in [5.74, 6) is -0.740. The summed E-state index contributed by atoms with van der Waals surface area (Å²) < 4.78 is 5.06. The van der Waals surface area contributed by atoms with Crippen molar-refractivity contribution in [3.8, 4) is 0 Å². The van der Waals surface area contributed by atoms with Crippen LogP contribution in [-0.2, 0) is 27.3 Å². The molecule has 1 aliphatic rings. The lowest BCUT2D eigenvalue weighted by atomic mass is 10.2. The third-order valence-electron chi connectivity index (χ3n) is 5.40. The molecular formula is C25H27N3O3S. The van der Waals surface area contributed by atoms with E-state index in [-0.39, 0.29) is 18.9 Å². The second-order valence-corrected chi connectivity index (χ2v) is 8.79. The van der Waals surface area contributed by atoms with E-state index in [2.05, 4.69) is 39.4 Å². The smallest absolute Gasteiger partial charge is 0.311 e. The van der Waals surface area contributed by atoms with E-state index in [0.717, 1.165) is 43.3 Å². The van der Waals surface area contributed by atoms with Crippen LogP contribution in [0.5, 0.6) is 0 Å². The van der Waals surface area contributed by atoms with Crippen LogP contribution in [-0.4, -0.2) is 49.6 Å². The predicted octanol–water partition coefficient (Wildman–Crippen LogP) is 3.79. The molecule has 0 unspecified atom stereocenters. The standard InChI is InChI=1S/C25H27N3O3S/c29-24(19-31-25(30)17-23-7-4-16-32-23)26-21-8-10-22(11-9-21)28-14-12-27(13-15-28)18-20-5-2-1-3-6-20/h1-11,16H,12-15,17-19H2,(H,26,29). The normalized spacial score (nSPS) is 14.2. The number of ether oxygens (including phenoxy) is 1. The Morgan fingerprint density at radius 3 is 2.34 bits per heavy atom. The molecule has 4 rings (SSSR count). The first-order valence-electron chi connectivity index (χ1n) is 10.7. The van der Waals surface area contributed by atoms with Crippen LogP contribution in [0.1, 0.15) is 10.4 Å². The molecule has 1 aromatic heterocycles. The van der Waals surface area contributed by atoms with Gasteiger partial charge in [-0.05, 0) is 41.3 Å². The fourth-order valence-corrected chi connectivity index (χ4v) is 4.40. The predicted molar refractivity (Wildman–Crippen MR) is 128 cm³/mol. The SMILES string of the molecule is O=C(COC(=O)Cc1cccs1)Nc1ccc(N2CCN(Cc3ccccc3)CC2)cc1. The largest absolute Gasteiger partial charge is 0.455 e. The van der Waals surface area contributed by atoms with Gasteiger partial charge in [0.1, 0.15) is 0 Å². The topological polar surface area (TPSA) is 61.9 Å². The minimum absolute atomic E-state index is 0.193. The molecule has 3 aromatic rings. The van der Waals surface area contributed by atoms with Crippen LogP contribution in [0.4, 0.5) is 11.4 Å². The second-order valence-electron chi connectivity index (χ2n) is 7.76. The zero-order valence-electron chi connectivity index (χ0n) is 17.9. The van der Waals surface area contributed by atoms with Gasteiger partial charge in [-0.15, -0.1) is 11.3 Å². The van der Waals surface area contributed by atoms with Gasteiger partial charge in [0.05, 0.1) is 6.42 Å². The Bertz CT molecular complexity index is 999. The number of carbonyl (C=O) groups excluding carboxylic acids is 2. The number of nitrogens with one attached hydrogen (secondary N) is 1. The molecule has 32 heavy (non-hydrogen) atoms. The summed E-state index contributed by atoms with van der Waals surface area (Å²) in [6.07, 6.45) is 0.193. The molecule has 1 saturated heterocycles. The fourth-order valence-electron chi connectivity index (χ4n) is 3.71. The first-order valence-corrected chi connectivity index (χ1v) is 11.6. The Morgan fingerprint density at radius 2 is 1.66 bits per heavy atom. The van der Waals surface area contributed by atoms with Gasteiger partial charge < -0.3 is 15.0 Å². The van der Waals surface area contributed by atoms with Gasteiger partial charge in [-0.1, -0.05) is 36.4 Å². The van der Waals surface area contributed by atoms with E-state index < -0.39 is 5.97 Å². The van der Waals surface area contributed by atoms with Crippen molar-refractivity contribution < 1.29 is 14.3 Å². The highest BCUT2D eigenvalue weighted by Crippen LogP contribution is 2.20. The average Bonchev–Trinajstić information content (AvgIpc) is 3.33. The minimum Gasteiger partial charge on any atom is -0.455 e. The molecule has 7 heteroatoms. The van der Waals surface area contributed by atoms with Gasteiger partial charge >= 0.3 is 5.97 Å². The number of rotatable bonds is 8. The van der Waals surface area contributed by atoms with E-state index in [0.29, 0.717) is 5.69 Å². The number of benzene rings is 2. The zero-order chi connectivity index (χ0) is 22.2. The monoisotopic (exact) mass is 449 g/mol. The van der Waals surface area contributed by atoms with Gasteiger partial charge in [-0.25, -0.2) is 0 Å². The summed E-state index contributed by atoms with van der Waals surface area (Å²) in [6, 6.07) is 22.1. The molecule has 1 aliphatic heterocycles. The van der Waals surface area contributed by atoms with Crippen LogP contribution in [0.3, 0.4) is 0 Å². The average molecular weight is 450 g/mol. The molecule has 0 atom stereocenters. The highest BCUT2D eigenvalue weighted by Gasteiger charge is 2.17. The van der Waals surface area contributed by atoms with Crippen LogP contribution < -0.4 is 10.2 Å². The third kappa shape index (κ3) is 6.42. The summed E-state index contributed by atoms with van der Waals surface area (Å²) in [6.45, 7) is 4.68. The molecule has 0 spiro atoms. The molecule has 0 aliphatic carbocycles. The van der Waals surface area contributed by atoms with Gasteiger partial charge in [0.25, 0.3) is 5.91 Å². The lowest BCUT2D eigenvalue weighted by molar-refractivity contribution is -0.146. The van der Waals surface area contributed by atoms with Crippen LogP contribution in [0.25, 0.3) is 0 Å². The van der Waals surface area contributed by atoms with Crippen LogP contribution in [0.2, 0.25) is 0 Å². The zero-order valence-corrected chi connectivity index (χ0v) is 18.7. The summed E-state index contributed by atoms with van der Waals surface area (Å²) >= 11 is 1.49. The van der Waals surface area contributed by atoms with Crippen LogP contribution >= 0.6 is 11.3 Å². The van der Waals surface area contributed by atoms with Crippen molar-refractivity contribution in [3.63, 3.8) is 0 Å². The number of esters is 1. The summed E-state index contributed by atoms with van der Waals surface area (Å²) in [4.78, 5) is 29.7. The van der Waals surface area contributed by atoms with E-state index in [1.165, 1.54) is 16.9 Å². The molecule has 2 heterocycles. The maximum atomic E-state index is 12.1. The molecule has 1 amide bonds. The molecule has 1 N–H and O–H groups in total. The van der Waals surface area contributed by atoms with Crippen molar-refractivity contribution in [3.05, 3.63) is 82.6 Å². The van der Waals surface area contributed by atoms with E-state index >= 15 is 0 Å². The van der Waals surface area contributed by atoms with Crippen molar-refractivity contribution in [2.45, 2.75) is 13.0 Å². The van der Waals surface area contributed by atoms with Gasteiger partial charge in [-0.3, -0.25) is 14.5 Å². The lowest BCUT2D eigenvalue weighted by Crippen LogP contribution is -2.45. The Morgan fingerprint density at radius 1 is 0.906 bits per heavy atom. The number of hydrogen-bond donors (Lipinski definition) is 1. The number of nitrogens with zero attached hydrogens (tertiary/aromatic N) is 2. The van der Waals surface area contributed by atoms with Crippen molar-refractivity contribution in [2.24, 2.45) is 0 Å². The first-order chi connectivity index (χ1) is 15.7. The third-order valence-corrected chi connectivity index (χ3v) is 6.28. The van der Waals surface area contributed by atoms with Crippen molar-refractivity contribution in [1.29, 1.82) is 0 Å². The fraction of sp³-hybridized carbons (Fsp3) is 0.280. The van der Waals surface area contributed by atoms with Gasteiger partial charge in [0.2, 0.25) is 0 Å². The first kappa shape index (κ1) is 22.0. The highest BCUT2D eigenvalue weighted by atomic mass is 32.1. The number of anilines is 2. The Labute approximate surface area is 192 Å². The Balaban J connectivity index is 1.19. The van der Waals surface area contributed by atoms with E-state index in [1.54, 1.807) is 0 Å². The molecule has 0 radical (unpaired) electrons. The minimum atomic E-state index is -0.399. The van der Waals surface area contributed by atoms with E-state index in [9.17, 15) is 9.59 Å². The van der Waals surface area contributed by atoms with Crippen molar-refractivity contribution in [1.82, 2.24) is 4.90 Å². The molecule has 166 valence electrons. The van der Waals surface area contributed by atoms with Gasteiger partial charge in [0.15, 0.2) is 6.61 Å². The Kier molecular flexibility index (Phi) is 7.53. The number of carbonyl (C=O) groups is 2. The van der Waals surface area contributed by atoms with Crippen LogP contribution in [0.15, 0.2) is 72.1 Å². The highest BCUT2D eigenvalue weighted by molar-refractivity contribution is 7.10. The maximum Gasteiger partial charge on any atom is 0.311 e. The quantitative estimate of drug-likeness (QED) is 0.530. The molecule has 1 fully saturated rings. The van der Waals surface area contributed by atoms with Crippen molar-refractivity contribution >= 4 is 34.6 Å². The maximum absolute atomic E-state index is 12.1. The molecule has 0 saturated carbocycles. The molecule has 2 aromatic carbocycles. The van der Waals surface area contributed by atoms with Crippen molar-refractivity contribution in [2.75, 3.05) is 43.0 Å².